The lowest BCUT2D eigenvalue weighted by Crippen LogP contribution is -2.39. The van der Waals surface area contributed by atoms with Gasteiger partial charge >= 0.3 is 0 Å². The number of aryl methyl sites for hydroxylation is 1. The van der Waals surface area contributed by atoms with E-state index in [0.717, 1.165) is 25.3 Å². The zero-order valence-corrected chi connectivity index (χ0v) is 13.3. The summed E-state index contributed by atoms with van der Waals surface area (Å²) in [5.74, 6) is -0.116. The largest absolute Gasteiger partial charge is 0.455 e. The Balaban J connectivity index is 0.00000220. The second kappa shape index (κ2) is 6.78. The summed E-state index contributed by atoms with van der Waals surface area (Å²) >= 11 is 0. The molecule has 1 aliphatic rings. The Labute approximate surface area is 129 Å². The number of hydrogen-bond donors (Lipinski definition) is 3. The van der Waals surface area contributed by atoms with Crippen LogP contribution in [0.5, 0.6) is 0 Å². The molecule has 5 N–H and O–H groups in total. The smallest absolute Gasteiger partial charge is 0.287 e. The van der Waals surface area contributed by atoms with Gasteiger partial charge in [-0.05, 0) is 32.2 Å². The first-order valence-electron chi connectivity index (χ1n) is 6.47. The molecule has 120 valence electrons. The molecule has 0 spiro atoms. The third kappa shape index (κ3) is 3.97. The van der Waals surface area contributed by atoms with Crippen molar-refractivity contribution >= 4 is 28.3 Å². The molecular formula is C12H20ClN3O4S. The standard InChI is InChI=1S/C12H19N3O4S.ClH/c1-7-11(20(14,17)18)5-10(19-7)12(16)15-9-4-2-3-8(9)6-13;/h5,8-9H,2-4,6,13H2,1H3,(H,15,16)(H2,14,17,18);1H. The van der Waals surface area contributed by atoms with Crippen molar-refractivity contribution in [2.75, 3.05) is 6.54 Å². The fourth-order valence-electron chi connectivity index (χ4n) is 2.61. The zero-order chi connectivity index (χ0) is 14.9. The van der Waals surface area contributed by atoms with Crippen molar-refractivity contribution in [2.45, 2.75) is 37.1 Å². The second-order valence-corrected chi connectivity index (χ2v) is 6.61. The van der Waals surface area contributed by atoms with Crippen molar-refractivity contribution in [3.05, 3.63) is 17.6 Å². The molecule has 1 heterocycles. The van der Waals surface area contributed by atoms with Crippen LogP contribution < -0.4 is 16.2 Å². The first kappa shape index (κ1) is 18.0. The van der Waals surface area contributed by atoms with Crippen molar-refractivity contribution in [1.29, 1.82) is 0 Å². The van der Waals surface area contributed by atoms with E-state index in [1.807, 2.05) is 0 Å². The highest BCUT2D eigenvalue weighted by molar-refractivity contribution is 7.89. The maximum atomic E-state index is 12.1. The SMILES string of the molecule is Cc1oc(C(=O)NC2CCCC2CN)cc1S(N)(=O)=O.Cl. The Kier molecular flexibility index (Phi) is 5.80. The van der Waals surface area contributed by atoms with E-state index in [1.165, 1.54) is 6.92 Å². The maximum absolute atomic E-state index is 12.1. The number of hydrogen-bond acceptors (Lipinski definition) is 5. The molecule has 1 aliphatic carbocycles. The number of amides is 1. The number of carbonyl (C=O) groups is 1. The molecule has 1 saturated carbocycles. The highest BCUT2D eigenvalue weighted by atomic mass is 35.5. The van der Waals surface area contributed by atoms with Gasteiger partial charge in [-0.2, -0.15) is 0 Å². The number of nitrogens with two attached hydrogens (primary N) is 2. The molecule has 0 aliphatic heterocycles. The number of halogens is 1. The van der Waals surface area contributed by atoms with Crippen LogP contribution in [-0.2, 0) is 10.0 Å². The summed E-state index contributed by atoms with van der Waals surface area (Å²) < 4.78 is 27.8. The molecule has 0 saturated heterocycles. The van der Waals surface area contributed by atoms with Crippen LogP contribution in [0, 0.1) is 12.8 Å². The van der Waals surface area contributed by atoms with E-state index in [1.54, 1.807) is 0 Å². The Hall–Kier alpha value is -1.09. The Morgan fingerprint density at radius 2 is 2.14 bits per heavy atom. The summed E-state index contributed by atoms with van der Waals surface area (Å²) in [6.07, 6.45) is 2.88. The molecule has 1 amide bonds. The average molecular weight is 338 g/mol. The van der Waals surface area contributed by atoms with Gasteiger partial charge in [0.05, 0.1) is 0 Å². The Morgan fingerprint density at radius 1 is 1.48 bits per heavy atom. The normalized spacial score (nSPS) is 21.9. The van der Waals surface area contributed by atoms with Gasteiger partial charge in [0.2, 0.25) is 10.0 Å². The number of rotatable bonds is 4. The van der Waals surface area contributed by atoms with E-state index < -0.39 is 15.9 Å². The zero-order valence-electron chi connectivity index (χ0n) is 11.7. The van der Waals surface area contributed by atoms with E-state index in [-0.39, 0.29) is 40.8 Å². The fraction of sp³-hybridized carbons (Fsp3) is 0.583. The summed E-state index contributed by atoms with van der Waals surface area (Å²) in [6, 6.07) is 1.17. The molecule has 0 aromatic carbocycles. The van der Waals surface area contributed by atoms with Crippen LogP contribution in [0.4, 0.5) is 0 Å². The van der Waals surface area contributed by atoms with Gasteiger partial charge in [-0.15, -0.1) is 12.4 Å². The molecule has 2 unspecified atom stereocenters. The number of nitrogens with one attached hydrogen (secondary N) is 1. The molecule has 2 rings (SSSR count). The van der Waals surface area contributed by atoms with Gasteiger partial charge in [0.25, 0.3) is 5.91 Å². The van der Waals surface area contributed by atoms with Crippen LogP contribution in [0.25, 0.3) is 0 Å². The quantitative estimate of drug-likeness (QED) is 0.737. The third-order valence-electron chi connectivity index (χ3n) is 3.68. The summed E-state index contributed by atoms with van der Waals surface area (Å²) in [6.45, 7) is 1.97. The van der Waals surface area contributed by atoms with Gasteiger partial charge in [-0.3, -0.25) is 4.79 Å². The minimum atomic E-state index is -3.88. The van der Waals surface area contributed by atoms with Crippen LogP contribution in [0.15, 0.2) is 15.4 Å². The first-order valence-corrected chi connectivity index (χ1v) is 8.01. The predicted molar refractivity (Wildman–Crippen MR) is 79.7 cm³/mol. The van der Waals surface area contributed by atoms with Gasteiger partial charge < -0.3 is 15.5 Å². The van der Waals surface area contributed by atoms with Gasteiger partial charge in [-0.25, -0.2) is 13.6 Å². The van der Waals surface area contributed by atoms with Gasteiger partial charge in [0, 0.05) is 12.1 Å². The minimum Gasteiger partial charge on any atom is -0.455 e. The monoisotopic (exact) mass is 337 g/mol. The van der Waals surface area contributed by atoms with Crippen molar-refractivity contribution in [3.8, 4) is 0 Å². The number of furan rings is 1. The van der Waals surface area contributed by atoms with Crippen LogP contribution in [0.2, 0.25) is 0 Å². The molecule has 7 nitrogen and oxygen atoms in total. The van der Waals surface area contributed by atoms with E-state index in [2.05, 4.69) is 5.32 Å². The molecule has 0 bridgehead atoms. The Bertz CT molecular complexity index is 614. The highest BCUT2D eigenvalue weighted by Gasteiger charge is 2.29. The van der Waals surface area contributed by atoms with Crippen LogP contribution in [0.3, 0.4) is 0 Å². The lowest BCUT2D eigenvalue weighted by molar-refractivity contribution is 0.0899. The topological polar surface area (TPSA) is 128 Å². The van der Waals surface area contributed by atoms with Crippen LogP contribution in [-0.4, -0.2) is 26.9 Å². The highest BCUT2D eigenvalue weighted by Crippen LogP contribution is 2.25. The molecule has 1 aromatic rings. The second-order valence-electron chi connectivity index (χ2n) is 5.08. The number of sulfonamides is 1. The summed E-state index contributed by atoms with van der Waals surface area (Å²) in [5.41, 5.74) is 5.65. The summed E-state index contributed by atoms with van der Waals surface area (Å²) in [5, 5.41) is 7.88. The van der Waals surface area contributed by atoms with E-state index in [0.29, 0.717) is 6.54 Å². The van der Waals surface area contributed by atoms with Crippen molar-refractivity contribution in [1.82, 2.24) is 5.32 Å². The van der Waals surface area contributed by atoms with E-state index in [9.17, 15) is 13.2 Å². The fourth-order valence-corrected chi connectivity index (χ4v) is 3.32. The van der Waals surface area contributed by atoms with Gasteiger partial charge in [0.15, 0.2) is 5.76 Å². The van der Waals surface area contributed by atoms with E-state index in [4.69, 9.17) is 15.3 Å². The first-order chi connectivity index (χ1) is 9.32. The van der Waals surface area contributed by atoms with Gasteiger partial charge in [-0.1, -0.05) is 6.42 Å². The van der Waals surface area contributed by atoms with Crippen LogP contribution in [0.1, 0.15) is 35.6 Å². The van der Waals surface area contributed by atoms with Crippen molar-refractivity contribution in [3.63, 3.8) is 0 Å². The van der Waals surface area contributed by atoms with Crippen LogP contribution >= 0.6 is 12.4 Å². The molecule has 9 heteroatoms. The number of primary sulfonamides is 1. The van der Waals surface area contributed by atoms with Gasteiger partial charge in [0.1, 0.15) is 10.7 Å². The molecule has 21 heavy (non-hydrogen) atoms. The molecule has 1 aromatic heterocycles. The third-order valence-corrected chi connectivity index (χ3v) is 4.70. The molecule has 2 atom stereocenters. The molecule has 1 fully saturated rings. The lowest BCUT2D eigenvalue weighted by atomic mass is 10.0. The van der Waals surface area contributed by atoms with Crippen molar-refractivity contribution in [2.24, 2.45) is 16.8 Å². The minimum absolute atomic E-state index is 0. The Morgan fingerprint density at radius 3 is 2.67 bits per heavy atom. The summed E-state index contributed by atoms with van der Waals surface area (Å²) in [4.78, 5) is 11.9. The predicted octanol–water partition coefficient (Wildman–Crippen LogP) is 0.514. The number of carbonyl (C=O) groups excluding carboxylic acids is 1. The lowest BCUT2D eigenvalue weighted by Gasteiger charge is -2.18. The summed E-state index contributed by atoms with van der Waals surface area (Å²) in [7, 11) is -3.88. The molecule has 0 radical (unpaired) electrons. The van der Waals surface area contributed by atoms with Crippen molar-refractivity contribution < 1.29 is 17.6 Å². The maximum Gasteiger partial charge on any atom is 0.287 e. The molecular weight excluding hydrogens is 318 g/mol. The van der Waals surface area contributed by atoms with E-state index >= 15 is 0 Å². The average Bonchev–Trinajstić information content (AvgIpc) is 2.94.